The molecule has 2 heterocycles. The highest BCUT2D eigenvalue weighted by Crippen LogP contribution is 2.41. The Morgan fingerprint density at radius 1 is 1.00 bits per heavy atom. The molecular weight excluding hydrogens is 433 g/mol. The zero-order valence-electron chi connectivity index (χ0n) is 18.9. The first kappa shape index (κ1) is 22.9. The monoisotopic (exact) mass is 460 g/mol. The van der Waals surface area contributed by atoms with Gasteiger partial charge in [0, 0.05) is 31.7 Å². The van der Waals surface area contributed by atoms with Gasteiger partial charge in [0.25, 0.3) is 0 Å². The molecule has 2 aliphatic heterocycles. The van der Waals surface area contributed by atoms with Gasteiger partial charge in [-0.3, -0.25) is 0 Å². The third kappa shape index (κ3) is 5.23. The molecule has 2 aliphatic rings. The number of fused-ring (bicyclic) bond motifs is 2. The van der Waals surface area contributed by atoms with E-state index in [1.807, 2.05) is 32.9 Å². The first-order valence-electron chi connectivity index (χ1n) is 10.9. The van der Waals surface area contributed by atoms with E-state index in [1.54, 1.807) is 17.0 Å². The number of hydrogen-bond acceptors (Lipinski definition) is 4. The maximum absolute atomic E-state index is 13.2. The second-order valence-corrected chi connectivity index (χ2v) is 9.22. The highest BCUT2D eigenvalue weighted by molar-refractivity contribution is 6.03. The molecule has 0 radical (unpaired) electrons. The minimum Gasteiger partial charge on any atom is -0.454 e. The number of para-hydroxylation sites is 1. The van der Waals surface area contributed by atoms with Crippen molar-refractivity contribution in [2.45, 2.75) is 38.9 Å². The third-order valence-electron chi connectivity index (χ3n) is 5.43. The fraction of sp³-hybridized carbons (Fsp3) is 0.417. The van der Waals surface area contributed by atoms with Crippen LogP contribution in [0.2, 0.25) is 0 Å². The van der Waals surface area contributed by atoms with Gasteiger partial charge in [-0.1, -0.05) is 12.1 Å². The predicted molar refractivity (Wildman–Crippen MR) is 120 cm³/mol. The molecule has 33 heavy (non-hydrogen) atoms. The smallest absolute Gasteiger partial charge is 0.416 e. The van der Waals surface area contributed by atoms with E-state index in [1.165, 1.54) is 6.07 Å². The van der Waals surface area contributed by atoms with E-state index in [9.17, 15) is 18.0 Å². The molecule has 0 bridgehead atoms. The van der Waals surface area contributed by atoms with Gasteiger partial charge < -0.3 is 19.9 Å². The zero-order chi connectivity index (χ0) is 23.8. The minimum absolute atomic E-state index is 0.0632. The van der Waals surface area contributed by atoms with Crippen molar-refractivity contribution >= 4 is 17.6 Å². The fourth-order valence-corrected chi connectivity index (χ4v) is 3.87. The number of rotatable bonds is 0. The summed E-state index contributed by atoms with van der Waals surface area (Å²) in [5.41, 5.74) is -0.0766. The van der Waals surface area contributed by atoms with Gasteiger partial charge in [0.05, 0.1) is 11.1 Å². The van der Waals surface area contributed by atoms with Crippen LogP contribution in [0, 0.1) is 0 Å². The Morgan fingerprint density at radius 2 is 1.76 bits per heavy atom. The van der Waals surface area contributed by atoms with Gasteiger partial charge in [0.1, 0.15) is 17.3 Å². The number of benzene rings is 2. The lowest BCUT2D eigenvalue weighted by Gasteiger charge is -2.28. The van der Waals surface area contributed by atoms with Crippen molar-refractivity contribution < 1.29 is 22.7 Å². The third-order valence-corrected chi connectivity index (χ3v) is 5.43. The molecule has 2 aromatic carbocycles. The van der Waals surface area contributed by atoms with Crippen LogP contribution in [0.1, 0.15) is 38.3 Å². The van der Waals surface area contributed by atoms with E-state index in [0.717, 1.165) is 18.6 Å². The molecule has 0 atom stereocenters. The van der Waals surface area contributed by atoms with Crippen LogP contribution in [-0.4, -0.2) is 53.4 Å². The summed E-state index contributed by atoms with van der Waals surface area (Å²) in [6.07, 6.45) is -3.74. The maximum Gasteiger partial charge on any atom is 0.416 e. The minimum atomic E-state index is -4.47. The standard InChI is InChI=1S/C24H27F3N4O2/c1-23(2,3)29-22(32)31-12-6-11-30(13-14-31)21-17-7-4-5-8-19(17)33-20-15-16(24(25,26)27)9-10-18(20)28-21/h4-5,7-10,15H,6,11-14H2,1-3H3,(H,29,32). The van der Waals surface area contributed by atoms with Crippen LogP contribution in [0.5, 0.6) is 11.5 Å². The second kappa shape index (κ2) is 8.61. The van der Waals surface area contributed by atoms with Gasteiger partial charge in [0.15, 0.2) is 5.75 Å². The molecule has 0 aliphatic carbocycles. The van der Waals surface area contributed by atoms with Crippen LogP contribution in [0.25, 0.3) is 0 Å². The molecule has 1 saturated heterocycles. The highest BCUT2D eigenvalue weighted by Gasteiger charge is 2.33. The number of carbonyl (C=O) groups excluding carboxylic acids is 1. The molecule has 9 heteroatoms. The number of ether oxygens (including phenoxy) is 1. The lowest BCUT2D eigenvalue weighted by atomic mass is 10.1. The zero-order valence-corrected chi connectivity index (χ0v) is 18.9. The van der Waals surface area contributed by atoms with Gasteiger partial charge in [-0.25, -0.2) is 9.79 Å². The molecule has 0 spiro atoms. The molecular formula is C24H27F3N4O2. The molecule has 1 fully saturated rings. The van der Waals surface area contributed by atoms with Crippen LogP contribution in [0.4, 0.5) is 23.7 Å². The lowest BCUT2D eigenvalue weighted by Crippen LogP contribution is -2.49. The van der Waals surface area contributed by atoms with Crippen LogP contribution in [0.15, 0.2) is 47.5 Å². The molecule has 176 valence electrons. The molecule has 2 aromatic rings. The number of halogens is 3. The first-order chi connectivity index (χ1) is 15.5. The number of amidine groups is 1. The van der Waals surface area contributed by atoms with Crippen molar-refractivity contribution in [1.82, 2.24) is 15.1 Å². The summed E-state index contributed by atoms with van der Waals surface area (Å²) in [6.45, 7) is 8.12. The number of aliphatic imine (C=N–C) groups is 1. The van der Waals surface area contributed by atoms with E-state index in [-0.39, 0.29) is 17.3 Å². The van der Waals surface area contributed by atoms with E-state index in [4.69, 9.17) is 9.73 Å². The summed E-state index contributed by atoms with van der Waals surface area (Å²) in [5.74, 6) is 1.14. The molecule has 4 rings (SSSR count). The van der Waals surface area contributed by atoms with Crippen molar-refractivity contribution in [1.29, 1.82) is 0 Å². The second-order valence-electron chi connectivity index (χ2n) is 9.22. The summed E-state index contributed by atoms with van der Waals surface area (Å²) in [5, 5.41) is 2.99. The normalized spacial score (nSPS) is 16.6. The van der Waals surface area contributed by atoms with Crippen molar-refractivity contribution in [3.05, 3.63) is 53.6 Å². The number of urea groups is 1. The summed E-state index contributed by atoms with van der Waals surface area (Å²) < 4.78 is 45.6. The first-order valence-corrected chi connectivity index (χ1v) is 10.9. The Bertz CT molecular complexity index is 1080. The number of amides is 2. The molecule has 0 unspecified atom stereocenters. The molecule has 1 N–H and O–H groups in total. The van der Waals surface area contributed by atoms with E-state index >= 15 is 0 Å². The maximum atomic E-state index is 13.2. The van der Waals surface area contributed by atoms with Gasteiger partial charge in [0.2, 0.25) is 0 Å². The average molecular weight is 461 g/mol. The topological polar surface area (TPSA) is 57.2 Å². The van der Waals surface area contributed by atoms with Crippen molar-refractivity contribution in [2.75, 3.05) is 26.2 Å². The van der Waals surface area contributed by atoms with E-state index < -0.39 is 11.7 Å². The van der Waals surface area contributed by atoms with Crippen LogP contribution in [0.3, 0.4) is 0 Å². The number of carbonyl (C=O) groups is 1. The number of nitrogens with one attached hydrogen (secondary N) is 1. The summed E-state index contributed by atoms with van der Waals surface area (Å²) >= 11 is 0. The van der Waals surface area contributed by atoms with Crippen molar-refractivity contribution in [3.63, 3.8) is 0 Å². The SMILES string of the molecule is CC(C)(C)NC(=O)N1CCCN(C2=Nc3ccc(C(F)(F)F)cc3Oc3ccccc32)CC1. The quantitative estimate of drug-likeness (QED) is 0.572. The number of hydrogen-bond donors (Lipinski definition) is 1. The van der Waals surface area contributed by atoms with Gasteiger partial charge in [-0.2, -0.15) is 13.2 Å². The highest BCUT2D eigenvalue weighted by atomic mass is 19.4. The van der Waals surface area contributed by atoms with Crippen molar-refractivity contribution in [2.24, 2.45) is 4.99 Å². The largest absolute Gasteiger partial charge is 0.454 e. The Labute approximate surface area is 191 Å². The Hall–Kier alpha value is -3.23. The molecule has 2 amide bonds. The predicted octanol–water partition coefficient (Wildman–Crippen LogP) is 5.41. The van der Waals surface area contributed by atoms with Crippen LogP contribution in [-0.2, 0) is 6.18 Å². The average Bonchev–Trinajstić information content (AvgIpc) is 3.06. The van der Waals surface area contributed by atoms with E-state index in [0.29, 0.717) is 49.0 Å². The van der Waals surface area contributed by atoms with Gasteiger partial charge in [-0.15, -0.1) is 0 Å². The summed E-state index contributed by atoms with van der Waals surface area (Å²) in [6, 6.07) is 10.4. The Balaban J connectivity index is 1.65. The van der Waals surface area contributed by atoms with Crippen molar-refractivity contribution in [3.8, 4) is 11.5 Å². The summed E-state index contributed by atoms with van der Waals surface area (Å²) in [4.78, 5) is 21.2. The van der Waals surface area contributed by atoms with Crippen LogP contribution >= 0.6 is 0 Å². The summed E-state index contributed by atoms with van der Waals surface area (Å²) in [7, 11) is 0. The van der Waals surface area contributed by atoms with Gasteiger partial charge in [-0.05, 0) is 57.5 Å². The van der Waals surface area contributed by atoms with Crippen LogP contribution < -0.4 is 10.1 Å². The number of nitrogens with zero attached hydrogens (tertiary/aromatic N) is 3. The Kier molecular flexibility index (Phi) is 5.99. The molecule has 0 aromatic heterocycles. The lowest BCUT2D eigenvalue weighted by molar-refractivity contribution is -0.137. The molecule has 0 saturated carbocycles. The molecule has 6 nitrogen and oxygen atoms in total. The Morgan fingerprint density at radius 3 is 2.48 bits per heavy atom. The fourth-order valence-electron chi connectivity index (χ4n) is 3.87. The number of alkyl halides is 3. The van der Waals surface area contributed by atoms with Gasteiger partial charge >= 0.3 is 12.2 Å². The van der Waals surface area contributed by atoms with E-state index in [2.05, 4.69) is 10.2 Å².